The molecule has 6 heteroatoms. The summed E-state index contributed by atoms with van der Waals surface area (Å²) in [6, 6.07) is 20.4. The standard InChI is InChI=1S/C22H27N5O/c1-23-22(24-13-14-28-17-18-9-5-3-6-10-18)27(2)16-21-25-15-20(26-21)19-11-7-4-8-12-19/h3-12,15H,13-14,16-17H2,1-2H3,(H,23,24)(H,25,26). The highest BCUT2D eigenvalue weighted by Gasteiger charge is 2.09. The van der Waals surface area contributed by atoms with Gasteiger partial charge in [-0.2, -0.15) is 0 Å². The first-order valence-electron chi connectivity index (χ1n) is 9.39. The minimum atomic E-state index is 0.612. The number of ether oxygens (including phenoxy) is 1. The molecule has 0 amide bonds. The molecule has 0 aliphatic rings. The maximum atomic E-state index is 5.71. The minimum Gasteiger partial charge on any atom is -0.375 e. The number of aromatic amines is 1. The molecule has 0 unspecified atom stereocenters. The topological polar surface area (TPSA) is 65.5 Å². The second-order valence-electron chi connectivity index (χ2n) is 6.48. The Kier molecular flexibility index (Phi) is 7.21. The van der Waals surface area contributed by atoms with Crippen LogP contribution < -0.4 is 5.32 Å². The zero-order valence-corrected chi connectivity index (χ0v) is 16.4. The summed E-state index contributed by atoms with van der Waals surface area (Å²) in [7, 11) is 3.77. The maximum absolute atomic E-state index is 5.71. The van der Waals surface area contributed by atoms with E-state index in [4.69, 9.17) is 4.74 Å². The molecule has 2 aromatic carbocycles. The van der Waals surface area contributed by atoms with E-state index in [1.54, 1.807) is 7.05 Å². The molecule has 146 valence electrons. The first-order valence-corrected chi connectivity index (χ1v) is 9.39. The van der Waals surface area contributed by atoms with E-state index in [9.17, 15) is 0 Å². The second kappa shape index (κ2) is 10.3. The normalized spacial score (nSPS) is 11.4. The summed E-state index contributed by atoms with van der Waals surface area (Å²) >= 11 is 0. The van der Waals surface area contributed by atoms with E-state index in [1.165, 1.54) is 5.56 Å². The molecule has 0 aliphatic carbocycles. The van der Waals surface area contributed by atoms with E-state index in [-0.39, 0.29) is 0 Å². The average molecular weight is 377 g/mol. The summed E-state index contributed by atoms with van der Waals surface area (Å²) in [5.41, 5.74) is 3.32. The van der Waals surface area contributed by atoms with E-state index in [0.717, 1.165) is 23.0 Å². The smallest absolute Gasteiger partial charge is 0.193 e. The van der Waals surface area contributed by atoms with Gasteiger partial charge in [-0.25, -0.2) is 4.98 Å². The number of rotatable bonds is 8. The zero-order chi connectivity index (χ0) is 19.6. The summed E-state index contributed by atoms with van der Waals surface area (Å²) in [6.07, 6.45) is 1.87. The molecular formula is C22H27N5O. The summed E-state index contributed by atoms with van der Waals surface area (Å²) in [4.78, 5) is 14.2. The van der Waals surface area contributed by atoms with Gasteiger partial charge in [0.05, 0.1) is 31.6 Å². The molecule has 1 aromatic heterocycles. The molecule has 0 atom stereocenters. The van der Waals surface area contributed by atoms with Crippen molar-refractivity contribution in [2.45, 2.75) is 13.2 Å². The van der Waals surface area contributed by atoms with Gasteiger partial charge in [0.1, 0.15) is 5.82 Å². The first-order chi connectivity index (χ1) is 13.8. The number of aromatic nitrogens is 2. The van der Waals surface area contributed by atoms with Crippen molar-refractivity contribution >= 4 is 5.96 Å². The fraction of sp³-hybridized carbons (Fsp3) is 0.273. The summed E-state index contributed by atoms with van der Waals surface area (Å²) in [6.45, 7) is 2.56. The van der Waals surface area contributed by atoms with Gasteiger partial charge in [0.15, 0.2) is 5.96 Å². The third-order valence-corrected chi connectivity index (χ3v) is 4.31. The van der Waals surface area contributed by atoms with Crippen LogP contribution in [0.25, 0.3) is 11.3 Å². The highest BCUT2D eigenvalue weighted by atomic mass is 16.5. The quantitative estimate of drug-likeness (QED) is 0.359. The van der Waals surface area contributed by atoms with Gasteiger partial charge < -0.3 is 19.9 Å². The van der Waals surface area contributed by atoms with Crippen LogP contribution >= 0.6 is 0 Å². The number of nitrogens with one attached hydrogen (secondary N) is 2. The molecule has 1 heterocycles. The largest absolute Gasteiger partial charge is 0.375 e. The van der Waals surface area contributed by atoms with Crippen molar-refractivity contribution in [2.24, 2.45) is 4.99 Å². The Morgan fingerprint density at radius 3 is 2.54 bits per heavy atom. The van der Waals surface area contributed by atoms with Gasteiger partial charge in [0.2, 0.25) is 0 Å². The molecule has 0 radical (unpaired) electrons. The van der Waals surface area contributed by atoms with Gasteiger partial charge in [-0.15, -0.1) is 0 Å². The molecule has 0 saturated carbocycles. The molecule has 3 rings (SSSR count). The van der Waals surface area contributed by atoms with E-state index in [2.05, 4.69) is 44.5 Å². The zero-order valence-electron chi connectivity index (χ0n) is 16.4. The first kappa shape index (κ1) is 19.6. The number of benzene rings is 2. The van der Waals surface area contributed by atoms with Crippen molar-refractivity contribution in [3.05, 3.63) is 78.2 Å². The predicted molar refractivity (Wildman–Crippen MR) is 113 cm³/mol. The molecule has 0 aliphatic heterocycles. The molecule has 2 N–H and O–H groups in total. The molecule has 0 saturated heterocycles. The maximum Gasteiger partial charge on any atom is 0.193 e. The molecule has 6 nitrogen and oxygen atoms in total. The van der Waals surface area contributed by atoms with Crippen LogP contribution in [0.3, 0.4) is 0 Å². The van der Waals surface area contributed by atoms with Gasteiger partial charge in [-0.3, -0.25) is 4.99 Å². The molecule has 28 heavy (non-hydrogen) atoms. The summed E-state index contributed by atoms with van der Waals surface area (Å²) in [5.74, 6) is 1.70. The number of aliphatic imine (C=N–C) groups is 1. The minimum absolute atomic E-state index is 0.612. The van der Waals surface area contributed by atoms with Crippen molar-refractivity contribution in [2.75, 3.05) is 27.2 Å². The Morgan fingerprint density at radius 1 is 1.11 bits per heavy atom. The van der Waals surface area contributed by atoms with E-state index >= 15 is 0 Å². The van der Waals surface area contributed by atoms with Crippen molar-refractivity contribution in [3.63, 3.8) is 0 Å². The van der Waals surface area contributed by atoms with Crippen LogP contribution in [0.2, 0.25) is 0 Å². The van der Waals surface area contributed by atoms with Gasteiger partial charge in [-0.05, 0) is 11.1 Å². The number of guanidine groups is 1. The van der Waals surface area contributed by atoms with Gasteiger partial charge in [-0.1, -0.05) is 60.7 Å². The van der Waals surface area contributed by atoms with Crippen LogP contribution in [0.4, 0.5) is 0 Å². The van der Waals surface area contributed by atoms with Crippen molar-refractivity contribution in [3.8, 4) is 11.3 Å². The Morgan fingerprint density at radius 2 is 1.82 bits per heavy atom. The molecule has 0 fully saturated rings. The average Bonchev–Trinajstić information content (AvgIpc) is 3.20. The van der Waals surface area contributed by atoms with Gasteiger partial charge in [0.25, 0.3) is 0 Å². The highest BCUT2D eigenvalue weighted by molar-refractivity contribution is 5.79. The lowest BCUT2D eigenvalue weighted by Crippen LogP contribution is -2.40. The van der Waals surface area contributed by atoms with Crippen molar-refractivity contribution < 1.29 is 4.74 Å². The Hall–Kier alpha value is -3.12. The Bertz CT molecular complexity index is 861. The summed E-state index contributed by atoms with van der Waals surface area (Å²) < 4.78 is 5.71. The van der Waals surface area contributed by atoms with Gasteiger partial charge in [0, 0.05) is 20.6 Å². The highest BCUT2D eigenvalue weighted by Crippen LogP contribution is 2.16. The van der Waals surface area contributed by atoms with Crippen LogP contribution in [0.15, 0.2) is 71.9 Å². The number of hydrogen-bond acceptors (Lipinski definition) is 3. The van der Waals surface area contributed by atoms with Gasteiger partial charge >= 0.3 is 0 Å². The van der Waals surface area contributed by atoms with Crippen LogP contribution in [-0.4, -0.2) is 48.1 Å². The summed E-state index contributed by atoms with van der Waals surface area (Å²) in [5, 5.41) is 3.32. The van der Waals surface area contributed by atoms with Crippen molar-refractivity contribution in [1.29, 1.82) is 0 Å². The van der Waals surface area contributed by atoms with E-state index < -0.39 is 0 Å². The molecule has 0 spiro atoms. The molecular weight excluding hydrogens is 350 g/mol. The lowest BCUT2D eigenvalue weighted by atomic mass is 10.2. The lowest BCUT2D eigenvalue weighted by Gasteiger charge is -2.21. The van der Waals surface area contributed by atoms with Crippen LogP contribution in [0.1, 0.15) is 11.4 Å². The monoisotopic (exact) mass is 377 g/mol. The SMILES string of the molecule is CN=C(NCCOCc1ccccc1)N(C)Cc1ncc(-c2ccccc2)[nH]1. The third kappa shape index (κ3) is 5.69. The molecule has 0 bridgehead atoms. The Balaban J connectivity index is 1.43. The lowest BCUT2D eigenvalue weighted by molar-refractivity contribution is 0.125. The number of H-pyrrole nitrogens is 1. The fourth-order valence-electron chi connectivity index (χ4n) is 2.89. The van der Waals surface area contributed by atoms with Crippen LogP contribution in [0.5, 0.6) is 0 Å². The fourth-order valence-corrected chi connectivity index (χ4v) is 2.89. The van der Waals surface area contributed by atoms with E-state index in [1.807, 2.05) is 54.5 Å². The number of nitrogens with zero attached hydrogens (tertiary/aromatic N) is 3. The predicted octanol–water partition coefficient (Wildman–Crippen LogP) is 3.30. The second-order valence-corrected chi connectivity index (χ2v) is 6.48. The van der Waals surface area contributed by atoms with Crippen LogP contribution in [0, 0.1) is 0 Å². The third-order valence-electron chi connectivity index (χ3n) is 4.31. The van der Waals surface area contributed by atoms with E-state index in [0.29, 0.717) is 26.3 Å². The van der Waals surface area contributed by atoms with Crippen molar-refractivity contribution in [1.82, 2.24) is 20.2 Å². The molecule has 3 aromatic rings. The number of imidazole rings is 1. The number of hydrogen-bond donors (Lipinski definition) is 2. The van der Waals surface area contributed by atoms with Crippen LogP contribution in [-0.2, 0) is 17.9 Å². The Labute approximate surface area is 166 Å².